The molecule has 1 aromatic heterocycles. The van der Waals surface area contributed by atoms with Gasteiger partial charge in [-0.3, -0.25) is 14.9 Å². The first-order chi connectivity index (χ1) is 6.99. The molecule has 0 fully saturated rings. The molecule has 0 spiro atoms. The summed E-state index contributed by atoms with van der Waals surface area (Å²) in [4.78, 5) is 23.4. The first kappa shape index (κ1) is 11.6. The number of carbonyl (C=O) groups is 1. The SMILES string of the molecule is O=Cc1c([N+](=O)[O-])cnc(Br)c1C(F)F. The van der Waals surface area contributed by atoms with Crippen LogP contribution in [-0.2, 0) is 0 Å². The number of nitro groups is 1. The van der Waals surface area contributed by atoms with Crippen molar-refractivity contribution in [2.24, 2.45) is 0 Å². The van der Waals surface area contributed by atoms with E-state index in [1.807, 2.05) is 0 Å². The van der Waals surface area contributed by atoms with Crippen molar-refractivity contribution in [2.45, 2.75) is 6.43 Å². The van der Waals surface area contributed by atoms with Gasteiger partial charge in [0.2, 0.25) is 0 Å². The van der Waals surface area contributed by atoms with Gasteiger partial charge < -0.3 is 0 Å². The minimum absolute atomic E-state index is 0.0199. The van der Waals surface area contributed by atoms with Crippen LogP contribution in [0.15, 0.2) is 10.8 Å². The number of pyridine rings is 1. The fourth-order valence-electron chi connectivity index (χ4n) is 0.983. The summed E-state index contributed by atoms with van der Waals surface area (Å²) in [5.74, 6) is 0. The van der Waals surface area contributed by atoms with Gasteiger partial charge in [-0.2, -0.15) is 0 Å². The lowest BCUT2D eigenvalue weighted by molar-refractivity contribution is -0.385. The Balaban J connectivity index is 3.54. The van der Waals surface area contributed by atoms with Gasteiger partial charge in [-0.15, -0.1) is 0 Å². The number of aromatic nitrogens is 1. The highest BCUT2D eigenvalue weighted by molar-refractivity contribution is 9.10. The van der Waals surface area contributed by atoms with Crippen molar-refractivity contribution in [3.8, 4) is 0 Å². The summed E-state index contributed by atoms with van der Waals surface area (Å²) < 4.78 is 24.7. The van der Waals surface area contributed by atoms with Gasteiger partial charge in [-0.25, -0.2) is 13.8 Å². The van der Waals surface area contributed by atoms with Gasteiger partial charge in [-0.05, 0) is 15.9 Å². The zero-order valence-corrected chi connectivity index (χ0v) is 8.57. The molecule has 0 amide bonds. The third-order valence-electron chi connectivity index (χ3n) is 1.62. The Morgan fingerprint density at radius 1 is 1.60 bits per heavy atom. The van der Waals surface area contributed by atoms with Crippen molar-refractivity contribution < 1.29 is 18.5 Å². The number of nitrogens with zero attached hydrogens (tertiary/aromatic N) is 2. The number of hydrogen-bond donors (Lipinski definition) is 0. The molecular formula is C7H3BrF2N2O3. The van der Waals surface area contributed by atoms with Crippen molar-refractivity contribution in [2.75, 3.05) is 0 Å². The summed E-state index contributed by atoms with van der Waals surface area (Å²) in [7, 11) is 0. The van der Waals surface area contributed by atoms with Crippen LogP contribution in [0.1, 0.15) is 22.3 Å². The number of halogens is 3. The normalized spacial score (nSPS) is 10.4. The monoisotopic (exact) mass is 280 g/mol. The number of hydrogen-bond acceptors (Lipinski definition) is 4. The van der Waals surface area contributed by atoms with Gasteiger partial charge in [0.25, 0.3) is 12.1 Å². The number of rotatable bonds is 3. The van der Waals surface area contributed by atoms with E-state index in [1.54, 1.807) is 0 Å². The quantitative estimate of drug-likeness (QED) is 0.369. The van der Waals surface area contributed by atoms with E-state index in [4.69, 9.17) is 0 Å². The zero-order chi connectivity index (χ0) is 11.6. The second-order valence-electron chi connectivity index (χ2n) is 2.44. The van der Waals surface area contributed by atoms with Gasteiger partial charge in [0, 0.05) is 0 Å². The molecule has 0 atom stereocenters. The molecule has 0 unspecified atom stereocenters. The molecule has 0 saturated carbocycles. The number of carbonyl (C=O) groups excluding carboxylic acids is 1. The number of alkyl halides is 2. The average Bonchev–Trinajstić information content (AvgIpc) is 2.15. The molecule has 15 heavy (non-hydrogen) atoms. The van der Waals surface area contributed by atoms with E-state index in [0.717, 1.165) is 6.20 Å². The first-order valence-electron chi connectivity index (χ1n) is 3.55. The summed E-state index contributed by atoms with van der Waals surface area (Å²) in [6.45, 7) is 0. The van der Waals surface area contributed by atoms with Crippen molar-refractivity contribution in [1.82, 2.24) is 4.98 Å². The summed E-state index contributed by atoms with van der Waals surface area (Å²) in [6.07, 6.45) is -2.24. The molecule has 0 aliphatic carbocycles. The maximum atomic E-state index is 12.5. The molecule has 1 heterocycles. The van der Waals surface area contributed by atoms with Crippen LogP contribution in [0, 0.1) is 10.1 Å². The third kappa shape index (κ3) is 2.14. The van der Waals surface area contributed by atoms with E-state index in [1.165, 1.54) is 0 Å². The van der Waals surface area contributed by atoms with Gasteiger partial charge in [0.1, 0.15) is 16.4 Å². The van der Waals surface area contributed by atoms with Crippen molar-refractivity contribution >= 4 is 27.9 Å². The Morgan fingerprint density at radius 3 is 2.60 bits per heavy atom. The van der Waals surface area contributed by atoms with E-state index in [-0.39, 0.29) is 10.9 Å². The summed E-state index contributed by atoms with van der Waals surface area (Å²) in [5, 5.41) is 10.4. The molecule has 0 saturated heterocycles. The lowest BCUT2D eigenvalue weighted by Crippen LogP contribution is -2.03. The van der Waals surface area contributed by atoms with Crippen molar-refractivity contribution in [3.05, 3.63) is 32.0 Å². The number of aldehydes is 1. The van der Waals surface area contributed by atoms with Crippen LogP contribution < -0.4 is 0 Å². The summed E-state index contributed by atoms with van der Waals surface area (Å²) in [6, 6.07) is 0. The van der Waals surface area contributed by atoms with Crippen molar-refractivity contribution in [1.29, 1.82) is 0 Å². The molecule has 0 aliphatic rings. The van der Waals surface area contributed by atoms with Gasteiger partial charge >= 0.3 is 0 Å². The van der Waals surface area contributed by atoms with Crippen LogP contribution in [0.25, 0.3) is 0 Å². The smallest absolute Gasteiger partial charge is 0.298 e. The maximum Gasteiger partial charge on any atom is 0.298 e. The van der Waals surface area contributed by atoms with Crippen LogP contribution in [0.4, 0.5) is 14.5 Å². The molecule has 0 bridgehead atoms. The van der Waals surface area contributed by atoms with Crippen LogP contribution >= 0.6 is 15.9 Å². The Morgan fingerprint density at radius 2 is 2.20 bits per heavy atom. The van der Waals surface area contributed by atoms with Crippen LogP contribution in [-0.4, -0.2) is 16.2 Å². The lowest BCUT2D eigenvalue weighted by Gasteiger charge is -2.05. The van der Waals surface area contributed by atoms with Gasteiger partial charge in [-0.1, -0.05) is 0 Å². The van der Waals surface area contributed by atoms with Crippen LogP contribution in [0.5, 0.6) is 0 Å². The zero-order valence-electron chi connectivity index (χ0n) is 6.99. The highest BCUT2D eigenvalue weighted by atomic mass is 79.9. The summed E-state index contributed by atoms with van der Waals surface area (Å²) in [5.41, 5.74) is -2.15. The first-order valence-corrected chi connectivity index (χ1v) is 4.34. The fourth-order valence-corrected chi connectivity index (χ4v) is 1.47. The minimum atomic E-state index is -3.01. The van der Waals surface area contributed by atoms with Crippen LogP contribution in [0.2, 0.25) is 0 Å². The van der Waals surface area contributed by atoms with E-state index in [9.17, 15) is 23.7 Å². The molecule has 0 aromatic carbocycles. The Kier molecular flexibility index (Phi) is 3.40. The second kappa shape index (κ2) is 4.39. The van der Waals surface area contributed by atoms with E-state index >= 15 is 0 Å². The topological polar surface area (TPSA) is 73.1 Å². The van der Waals surface area contributed by atoms with E-state index < -0.39 is 28.2 Å². The average molecular weight is 281 g/mol. The molecule has 0 N–H and O–H groups in total. The fraction of sp³-hybridized carbons (Fsp3) is 0.143. The van der Waals surface area contributed by atoms with Gasteiger partial charge in [0.15, 0.2) is 6.29 Å². The Bertz CT molecular complexity index is 425. The standard InChI is InChI=1S/C7H3BrF2N2O3/c8-6-5(7(9)10)3(2-13)4(1-11-6)12(14)15/h1-2,7H. The van der Waals surface area contributed by atoms with Crippen LogP contribution in [0.3, 0.4) is 0 Å². The molecule has 1 rings (SSSR count). The molecule has 0 aliphatic heterocycles. The van der Waals surface area contributed by atoms with E-state index in [0.29, 0.717) is 0 Å². The predicted molar refractivity (Wildman–Crippen MR) is 48.9 cm³/mol. The van der Waals surface area contributed by atoms with Gasteiger partial charge in [0.05, 0.1) is 10.5 Å². The molecule has 80 valence electrons. The Labute approximate surface area is 90.4 Å². The molecule has 5 nitrogen and oxygen atoms in total. The van der Waals surface area contributed by atoms with Crippen molar-refractivity contribution in [3.63, 3.8) is 0 Å². The Hall–Kier alpha value is -1.44. The molecule has 1 aromatic rings. The highest BCUT2D eigenvalue weighted by Crippen LogP contribution is 2.32. The highest BCUT2D eigenvalue weighted by Gasteiger charge is 2.26. The largest absolute Gasteiger partial charge is 0.298 e. The molecular weight excluding hydrogens is 278 g/mol. The minimum Gasteiger partial charge on any atom is -0.298 e. The maximum absolute atomic E-state index is 12.5. The second-order valence-corrected chi connectivity index (χ2v) is 3.19. The molecule has 0 radical (unpaired) electrons. The third-order valence-corrected chi connectivity index (χ3v) is 2.25. The predicted octanol–water partition coefficient (Wildman–Crippen LogP) is 2.50. The molecule has 8 heteroatoms. The summed E-state index contributed by atoms with van der Waals surface area (Å²) >= 11 is 2.70. The lowest BCUT2D eigenvalue weighted by atomic mass is 10.1. The van der Waals surface area contributed by atoms with E-state index in [2.05, 4.69) is 20.9 Å².